The Kier molecular flexibility index (Phi) is 6.25. The van der Waals surface area contributed by atoms with Crippen molar-refractivity contribution in [3.05, 3.63) is 59.1 Å². The first kappa shape index (κ1) is 15.2. The van der Waals surface area contributed by atoms with Crippen molar-refractivity contribution in [2.75, 3.05) is 19.4 Å². The van der Waals surface area contributed by atoms with Crippen molar-refractivity contribution < 1.29 is 4.74 Å². The van der Waals surface area contributed by atoms with Gasteiger partial charge in [0.05, 0.1) is 6.61 Å². The minimum Gasteiger partial charge on any atom is -0.492 e. The van der Waals surface area contributed by atoms with E-state index in [2.05, 4.69) is 17.4 Å². The maximum Gasteiger partial charge on any atom is 0.125 e. The van der Waals surface area contributed by atoms with Gasteiger partial charge in [0.25, 0.3) is 0 Å². The van der Waals surface area contributed by atoms with E-state index in [1.54, 1.807) is 11.8 Å². The summed E-state index contributed by atoms with van der Waals surface area (Å²) in [4.78, 5) is 1.26. The van der Waals surface area contributed by atoms with Crippen LogP contribution >= 0.6 is 23.4 Å². The summed E-state index contributed by atoms with van der Waals surface area (Å²) in [5, 5.41) is 3.85. The molecule has 0 heterocycles. The van der Waals surface area contributed by atoms with Crippen LogP contribution in [-0.2, 0) is 6.54 Å². The van der Waals surface area contributed by atoms with E-state index in [1.165, 1.54) is 4.90 Å². The minimum atomic E-state index is 0.663. The number of thioether (sulfide) groups is 1. The Morgan fingerprint density at radius 2 is 1.90 bits per heavy atom. The van der Waals surface area contributed by atoms with Gasteiger partial charge in [-0.25, -0.2) is 0 Å². The summed E-state index contributed by atoms with van der Waals surface area (Å²) in [5.41, 5.74) is 1.02. The van der Waals surface area contributed by atoms with E-state index in [0.29, 0.717) is 13.2 Å². The molecule has 106 valence electrons. The van der Waals surface area contributed by atoms with Gasteiger partial charge in [0, 0.05) is 27.8 Å². The molecule has 0 aliphatic carbocycles. The lowest BCUT2D eigenvalue weighted by Crippen LogP contribution is -2.09. The monoisotopic (exact) mass is 307 g/mol. The predicted octanol–water partition coefficient (Wildman–Crippen LogP) is 4.23. The van der Waals surface area contributed by atoms with Gasteiger partial charge in [-0.2, -0.15) is 0 Å². The van der Waals surface area contributed by atoms with Gasteiger partial charge in [-0.3, -0.25) is 0 Å². The highest BCUT2D eigenvalue weighted by Crippen LogP contribution is 2.26. The topological polar surface area (TPSA) is 21.3 Å². The van der Waals surface area contributed by atoms with Gasteiger partial charge in [0.2, 0.25) is 0 Å². The Bertz CT molecular complexity index is 533. The van der Waals surface area contributed by atoms with Gasteiger partial charge in [-0.1, -0.05) is 35.9 Å². The van der Waals surface area contributed by atoms with Crippen LogP contribution in [0.2, 0.25) is 5.02 Å². The second kappa shape index (κ2) is 8.20. The fraction of sp³-hybridized carbons (Fsp3) is 0.250. The average Bonchev–Trinajstić information content (AvgIpc) is 2.48. The highest BCUT2D eigenvalue weighted by atomic mass is 35.5. The van der Waals surface area contributed by atoms with Crippen molar-refractivity contribution in [1.29, 1.82) is 0 Å². The fourth-order valence-electron chi connectivity index (χ4n) is 1.85. The molecule has 0 fully saturated rings. The van der Waals surface area contributed by atoms with E-state index in [9.17, 15) is 0 Å². The molecular weight excluding hydrogens is 290 g/mol. The fourth-order valence-corrected chi connectivity index (χ4v) is 2.83. The number of rotatable bonds is 7. The van der Waals surface area contributed by atoms with Crippen LogP contribution in [0.15, 0.2) is 53.4 Å². The third kappa shape index (κ3) is 4.44. The van der Waals surface area contributed by atoms with Crippen LogP contribution < -0.4 is 10.1 Å². The highest BCUT2D eigenvalue weighted by molar-refractivity contribution is 7.99. The molecule has 2 rings (SSSR count). The Morgan fingerprint density at radius 1 is 1.10 bits per heavy atom. The Labute approximate surface area is 129 Å². The maximum absolute atomic E-state index is 6.19. The molecule has 0 bridgehead atoms. The summed E-state index contributed by atoms with van der Waals surface area (Å²) in [6, 6.07) is 16.1. The predicted molar refractivity (Wildman–Crippen MR) is 86.9 cm³/mol. The zero-order valence-corrected chi connectivity index (χ0v) is 13.0. The molecule has 0 spiro atoms. The molecule has 4 heteroatoms. The molecule has 0 aliphatic heterocycles. The molecule has 0 saturated heterocycles. The van der Waals surface area contributed by atoms with Crippen molar-refractivity contribution in [3.8, 4) is 5.75 Å². The van der Waals surface area contributed by atoms with Gasteiger partial charge < -0.3 is 10.1 Å². The molecule has 0 atom stereocenters. The van der Waals surface area contributed by atoms with Crippen LogP contribution in [-0.4, -0.2) is 19.4 Å². The van der Waals surface area contributed by atoms with Crippen LogP contribution in [0.1, 0.15) is 5.56 Å². The first-order chi connectivity index (χ1) is 9.81. The molecule has 0 radical (unpaired) electrons. The lowest BCUT2D eigenvalue weighted by atomic mass is 10.2. The number of hydrogen-bond donors (Lipinski definition) is 1. The van der Waals surface area contributed by atoms with Gasteiger partial charge >= 0.3 is 0 Å². The molecule has 2 aromatic rings. The van der Waals surface area contributed by atoms with Gasteiger partial charge in [-0.05, 0) is 31.3 Å². The SMILES string of the molecule is CNCc1c(Cl)cccc1OCCSc1ccccc1. The van der Waals surface area contributed by atoms with Crippen molar-refractivity contribution >= 4 is 23.4 Å². The van der Waals surface area contributed by atoms with Gasteiger partial charge in [-0.15, -0.1) is 11.8 Å². The maximum atomic E-state index is 6.19. The van der Waals surface area contributed by atoms with Crippen LogP contribution in [0.5, 0.6) is 5.75 Å². The minimum absolute atomic E-state index is 0.663. The third-order valence-electron chi connectivity index (χ3n) is 2.78. The largest absolute Gasteiger partial charge is 0.492 e. The lowest BCUT2D eigenvalue weighted by molar-refractivity contribution is 0.339. The van der Waals surface area contributed by atoms with E-state index in [0.717, 1.165) is 22.1 Å². The van der Waals surface area contributed by atoms with Crippen molar-refractivity contribution in [2.45, 2.75) is 11.4 Å². The standard InChI is InChI=1S/C16H18ClNOS/c1-18-12-14-15(17)8-5-9-16(14)19-10-11-20-13-6-3-2-4-7-13/h2-9,18H,10-12H2,1H3. The summed E-state index contributed by atoms with van der Waals surface area (Å²) in [6.07, 6.45) is 0. The zero-order valence-electron chi connectivity index (χ0n) is 11.4. The highest BCUT2D eigenvalue weighted by Gasteiger charge is 2.07. The Hall–Kier alpha value is -1.16. The number of halogens is 1. The van der Waals surface area contributed by atoms with E-state index >= 15 is 0 Å². The summed E-state index contributed by atoms with van der Waals surface area (Å²) < 4.78 is 5.85. The molecule has 0 aliphatic rings. The smallest absolute Gasteiger partial charge is 0.125 e. The van der Waals surface area contributed by atoms with Crippen molar-refractivity contribution in [1.82, 2.24) is 5.32 Å². The van der Waals surface area contributed by atoms with E-state index in [4.69, 9.17) is 16.3 Å². The lowest BCUT2D eigenvalue weighted by Gasteiger charge is -2.12. The van der Waals surface area contributed by atoms with Gasteiger partial charge in [0.15, 0.2) is 0 Å². The summed E-state index contributed by atoms with van der Waals surface area (Å²) in [7, 11) is 1.90. The van der Waals surface area contributed by atoms with Crippen LogP contribution in [0.25, 0.3) is 0 Å². The number of hydrogen-bond acceptors (Lipinski definition) is 3. The molecule has 0 saturated carbocycles. The van der Waals surface area contributed by atoms with Crippen molar-refractivity contribution in [3.63, 3.8) is 0 Å². The number of nitrogens with one attached hydrogen (secondary N) is 1. The summed E-state index contributed by atoms with van der Waals surface area (Å²) in [5.74, 6) is 1.77. The summed E-state index contributed by atoms with van der Waals surface area (Å²) >= 11 is 7.98. The van der Waals surface area contributed by atoms with E-state index in [1.807, 2.05) is 43.4 Å². The van der Waals surface area contributed by atoms with E-state index in [-0.39, 0.29) is 0 Å². The second-order valence-corrected chi connectivity index (χ2v) is 5.83. The number of benzene rings is 2. The van der Waals surface area contributed by atoms with Gasteiger partial charge in [0.1, 0.15) is 5.75 Å². The van der Waals surface area contributed by atoms with Crippen LogP contribution in [0, 0.1) is 0 Å². The zero-order chi connectivity index (χ0) is 14.2. The third-order valence-corrected chi connectivity index (χ3v) is 4.11. The van der Waals surface area contributed by atoms with Crippen molar-refractivity contribution in [2.24, 2.45) is 0 Å². The molecule has 0 amide bonds. The Balaban J connectivity index is 1.86. The van der Waals surface area contributed by atoms with E-state index < -0.39 is 0 Å². The van der Waals surface area contributed by atoms with Crippen LogP contribution in [0.4, 0.5) is 0 Å². The second-order valence-electron chi connectivity index (χ2n) is 4.26. The molecular formula is C16H18ClNOS. The first-order valence-electron chi connectivity index (χ1n) is 6.54. The average molecular weight is 308 g/mol. The number of ether oxygens (including phenoxy) is 1. The molecule has 0 unspecified atom stereocenters. The Morgan fingerprint density at radius 3 is 2.65 bits per heavy atom. The first-order valence-corrected chi connectivity index (χ1v) is 7.90. The molecule has 1 N–H and O–H groups in total. The molecule has 2 nitrogen and oxygen atoms in total. The normalized spacial score (nSPS) is 10.5. The quantitative estimate of drug-likeness (QED) is 0.611. The molecule has 20 heavy (non-hydrogen) atoms. The molecule has 0 aromatic heterocycles. The summed E-state index contributed by atoms with van der Waals surface area (Å²) in [6.45, 7) is 1.37. The van der Waals surface area contributed by atoms with Crippen LogP contribution in [0.3, 0.4) is 0 Å². The molecule has 2 aromatic carbocycles.